The Bertz CT molecular complexity index is 464. The molecule has 1 unspecified atom stereocenters. The Hall–Kier alpha value is -1.06. The molecule has 118 valence electrons. The molecule has 1 aliphatic heterocycles. The summed E-state index contributed by atoms with van der Waals surface area (Å²) in [6.07, 6.45) is 3.34. The highest BCUT2D eigenvalue weighted by Crippen LogP contribution is 2.34. The smallest absolute Gasteiger partial charge is 0.244 e. The lowest BCUT2D eigenvalue weighted by Gasteiger charge is -2.39. The van der Waals surface area contributed by atoms with Crippen molar-refractivity contribution >= 4 is 18.3 Å². The Labute approximate surface area is 134 Å². The monoisotopic (exact) mass is 310 g/mol. The van der Waals surface area contributed by atoms with E-state index in [0.717, 1.165) is 31.5 Å². The predicted octanol–water partition coefficient (Wildman–Crippen LogP) is 3.46. The second kappa shape index (κ2) is 7.28. The third-order valence-electron chi connectivity index (χ3n) is 4.84. The van der Waals surface area contributed by atoms with Crippen LogP contribution in [0.5, 0.6) is 0 Å². The zero-order valence-electron chi connectivity index (χ0n) is 13.3. The number of hydrogen-bond donors (Lipinski definition) is 1. The highest BCUT2D eigenvalue weighted by Gasteiger charge is 2.32. The average Bonchev–Trinajstić information content (AvgIpc) is 2.47. The first-order valence-electron chi connectivity index (χ1n) is 7.56. The average molecular weight is 311 g/mol. The first-order chi connectivity index (χ1) is 9.45. The number of likely N-dealkylation sites (tertiary alicyclic amines) is 1. The van der Waals surface area contributed by atoms with E-state index in [2.05, 4.69) is 13.8 Å². The fraction of sp³-hybridized carbons (Fsp3) is 0.588. The number of carbonyl (C=O) groups is 1. The normalized spacial score (nSPS) is 18.8. The molecule has 0 aromatic heterocycles. The maximum atomic E-state index is 12.5. The Balaban J connectivity index is 0.00000220. The minimum absolute atomic E-state index is 0. The highest BCUT2D eigenvalue weighted by atomic mass is 35.5. The number of amides is 1. The number of piperidine rings is 1. The maximum absolute atomic E-state index is 12.5. The third-order valence-corrected chi connectivity index (χ3v) is 4.84. The van der Waals surface area contributed by atoms with Gasteiger partial charge in [-0.2, -0.15) is 0 Å². The molecule has 0 spiro atoms. The van der Waals surface area contributed by atoms with Crippen LogP contribution in [0.3, 0.4) is 0 Å². The van der Waals surface area contributed by atoms with Crippen LogP contribution in [0.4, 0.5) is 0 Å². The van der Waals surface area contributed by atoms with Gasteiger partial charge in [-0.05, 0) is 30.7 Å². The molecule has 21 heavy (non-hydrogen) atoms. The van der Waals surface area contributed by atoms with Gasteiger partial charge in [0.25, 0.3) is 0 Å². The quantitative estimate of drug-likeness (QED) is 0.929. The van der Waals surface area contributed by atoms with Gasteiger partial charge in [-0.1, -0.05) is 50.1 Å². The molecule has 0 bridgehead atoms. The molecule has 0 radical (unpaired) electrons. The molecule has 1 amide bonds. The first-order valence-corrected chi connectivity index (χ1v) is 7.56. The Morgan fingerprint density at radius 2 is 1.81 bits per heavy atom. The van der Waals surface area contributed by atoms with E-state index >= 15 is 0 Å². The van der Waals surface area contributed by atoms with Crippen molar-refractivity contribution in [2.45, 2.75) is 46.1 Å². The SMILES string of the molecule is CCC1(C)CCN(C(=O)C(N)c2ccc(C)cc2)CC1.Cl. The largest absolute Gasteiger partial charge is 0.341 e. The number of benzene rings is 1. The van der Waals surface area contributed by atoms with E-state index in [4.69, 9.17) is 5.73 Å². The Morgan fingerprint density at radius 1 is 1.29 bits per heavy atom. The summed E-state index contributed by atoms with van der Waals surface area (Å²) in [5, 5.41) is 0. The summed E-state index contributed by atoms with van der Waals surface area (Å²) in [6, 6.07) is 7.40. The van der Waals surface area contributed by atoms with Gasteiger partial charge in [0.05, 0.1) is 0 Å². The van der Waals surface area contributed by atoms with Crippen molar-refractivity contribution < 1.29 is 4.79 Å². The molecule has 1 fully saturated rings. The lowest BCUT2D eigenvalue weighted by molar-refractivity contribution is -0.135. The summed E-state index contributed by atoms with van der Waals surface area (Å²) in [6.45, 7) is 8.25. The molecule has 0 saturated carbocycles. The fourth-order valence-electron chi connectivity index (χ4n) is 2.73. The summed E-state index contributed by atoms with van der Waals surface area (Å²) in [4.78, 5) is 14.4. The van der Waals surface area contributed by atoms with Crippen LogP contribution in [0.1, 0.15) is 50.3 Å². The molecule has 1 atom stereocenters. The minimum atomic E-state index is -0.526. The molecular formula is C17H27ClN2O. The van der Waals surface area contributed by atoms with Gasteiger partial charge in [0, 0.05) is 13.1 Å². The van der Waals surface area contributed by atoms with Crippen LogP contribution < -0.4 is 5.73 Å². The summed E-state index contributed by atoms with van der Waals surface area (Å²) < 4.78 is 0. The summed E-state index contributed by atoms with van der Waals surface area (Å²) in [5.41, 5.74) is 8.61. The van der Waals surface area contributed by atoms with Gasteiger partial charge < -0.3 is 10.6 Å². The van der Waals surface area contributed by atoms with Crippen LogP contribution in [0.25, 0.3) is 0 Å². The van der Waals surface area contributed by atoms with Crippen LogP contribution in [-0.4, -0.2) is 23.9 Å². The molecule has 1 heterocycles. The van der Waals surface area contributed by atoms with Crippen molar-refractivity contribution in [3.8, 4) is 0 Å². The van der Waals surface area contributed by atoms with Crippen molar-refractivity contribution in [1.29, 1.82) is 0 Å². The van der Waals surface area contributed by atoms with Crippen molar-refractivity contribution in [2.75, 3.05) is 13.1 Å². The van der Waals surface area contributed by atoms with Crippen molar-refractivity contribution in [3.63, 3.8) is 0 Å². The molecule has 0 aliphatic carbocycles. The maximum Gasteiger partial charge on any atom is 0.244 e. The highest BCUT2D eigenvalue weighted by molar-refractivity contribution is 5.85. The van der Waals surface area contributed by atoms with Gasteiger partial charge in [0.15, 0.2) is 0 Å². The minimum Gasteiger partial charge on any atom is -0.341 e. The molecule has 4 heteroatoms. The number of nitrogens with zero attached hydrogens (tertiary/aromatic N) is 1. The molecule has 1 aromatic rings. The van der Waals surface area contributed by atoms with Crippen LogP contribution in [0, 0.1) is 12.3 Å². The van der Waals surface area contributed by atoms with Crippen LogP contribution >= 0.6 is 12.4 Å². The van der Waals surface area contributed by atoms with E-state index in [9.17, 15) is 4.79 Å². The Kier molecular flexibility index (Phi) is 6.24. The summed E-state index contributed by atoms with van der Waals surface area (Å²) >= 11 is 0. The summed E-state index contributed by atoms with van der Waals surface area (Å²) in [5.74, 6) is 0.0620. The van der Waals surface area contributed by atoms with Crippen LogP contribution in [-0.2, 0) is 4.79 Å². The Morgan fingerprint density at radius 3 is 2.29 bits per heavy atom. The zero-order chi connectivity index (χ0) is 14.8. The van der Waals surface area contributed by atoms with Gasteiger partial charge in [-0.3, -0.25) is 4.79 Å². The van der Waals surface area contributed by atoms with Gasteiger partial charge in [-0.15, -0.1) is 12.4 Å². The lowest BCUT2D eigenvalue weighted by Crippen LogP contribution is -2.45. The van der Waals surface area contributed by atoms with Gasteiger partial charge in [-0.25, -0.2) is 0 Å². The molecule has 1 aliphatic rings. The zero-order valence-corrected chi connectivity index (χ0v) is 14.1. The van der Waals surface area contributed by atoms with Crippen molar-refractivity contribution in [2.24, 2.45) is 11.1 Å². The predicted molar refractivity (Wildman–Crippen MR) is 89.6 cm³/mol. The topological polar surface area (TPSA) is 46.3 Å². The fourth-order valence-corrected chi connectivity index (χ4v) is 2.73. The lowest BCUT2D eigenvalue weighted by atomic mass is 9.78. The molecular weight excluding hydrogens is 284 g/mol. The first kappa shape index (κ1) is 18.0. The standard InChI is InChI=1S/C17H26N2O.ClH/c1-4-17(3)9-11-19(12-10-17)16(20)15(18)14-7-5-13(2)6-8-14;/h5-8,15H,4,9-12,18H2,1-3H3;1H. The second-order valence-electron chi connectivity index (χ2n) is 6.38. The van der Waals surface area contributed by atoms with Crippen LogP contribution in [0.2, 0.25) is 0 Å². The molecule has 3 nitrogen and oxygen atoms in total. The number of nitrogens with two attached hydrogens (primary N) is 1. The molecule has 1 aromatic carbocycles. The number of aryl methyl sites for hydroxylation is 1. The van der Waals surface area contributed by atoms with Crippen LogP contribution in [0.15, 0.2) is 24.3 Å². The van der Waals surface area contributed by atoms with E-state index in [0.29, 0.717) is 5.41 Å². The molecule has 2 N–H and O–H groups in total. The molecule has 1 saturated heterocycles. The van der Waals surface area contributed by atoms with Gasteiger partial charge >= 0.3 is 0 Å². The van der Waals surface area contributed by atoms with Crippen molar-refractivity contribution in [1.82, 2.24) is 4.90 Å². The second-order valence-corrected chi connectivity index (χ2v) is 6.38. The van der Waals surface area contributed by atoms with E-state index in [-0.39, 0.29) is 18.3 Å². The van der Waals surface area contributed by atoms with E-state index < -0.39 is 6.04 Å². The van der Waals surface area contributed by atoms with Crippen molar-refractivity contribution in [3.05, 3.63) is 35.4 Å². The van der Waals surface area contributed by atoms with Gasteiger partial charge in [0.1, 0.15) is 6.04 Å². The number of carbonyl (C=O) groups excluding carboxylic acids is 1. The van der Waals surface area contributed by atoms with E-state index in [1.165, 1.54) is 12.0 Å². The number of halogens is 1. The molecule has 2 rings (SSSR count). The summed E-state index contributed by atoms with van der Waals surface area (Å²) in [7, 11) is 0. The van der Waals surface area contributed by atoms with Gasteiger partial charge in [0.2, 0.25) is 5.91 Å². The van der Waals surface area contributed by atoms with E-state index in [1.54, 1.807) is 0 Å². The van der Waals surface area contributed by atoms with E-state index in [1.807, 2.05) is 36.1 Å². The third kappa shape index (κ3) is 4.21. The number of hydrogen-bond acceptors (Lipinski definition) is 2. The number of rotatable bonds is 3.